The molecule has 0 aromatic heterocycles. The largest absolute Gasteiger partial charge is 0.479 e. The number of nitrogens with zero attached hydrogens (tertiary/aromatic N) is 1. The van der Waals surface area contributed by atoms with Gasteiger partial charge in [0.1, 0.15) is 5.82 Å². The second kappa shape index (κ2) is 5.19. The van der Waals surface area contributed by atoms with Crippen molar-refractivity contribution >= 4 is 21.9 Å². The molecule has 1 aliphatic heterocycles. The molecule has 1 unspecified atom stereocenters. The fourth-order valence-corrected chi connectivity index (χ4v) is 2.86. The first-order valence-electron chi connectivity index (χ1n) is 5.95. The number of carboxylic acid groups (broad SMARTS) is 1. The van der Waals surface area contributed by atoms with E-state index in [1.807, 2.05) is 0 Å². The summed E-state index contributed by atoms with van der Waals surface area (Å²) >= 11 is 3.39. The minimum absolute atomic E-state index is 0.0201. The van der Waals surface area contributed by atoms with E-state index >= 15 is 0 Å². The van der Waals surface area contributed by atoms with Crippen molar-refractivity contribution in [1.82, 2.24) is 4.90 Å². The fourth-order valence-electron chi connectivity index (χ4n) is 2.29. The quantitative estimate of drug-likeness (QED) is 0.886. The van der Waals surface area contributed by atoms with Crippen LogP contribution in [0, 0.1) is 5.82 Å². The first kappa shape index (κ1) is 14.4. The van der Waals surface area contributed by atoms with Crippen molar-refractivity contribution in [2.75, 3.05) is 13.1 Å². The molecule has 4 nitrogen and oxygen atoms in total. The van der Waals surface area contributed by atoms with Gasteiger partial charge in [0.2, 0.25) is 0 Å². The Morgan fingerprint density at radius 1 is 1.53 bits per heavy atom. The first-order chi connectivity index (χ1) is 8.81. The Kier molecular flexibility index (Phi) is 3.94. The van der Waals surface area contributed by atoms with Crippen molar-refractivity contribution < 1.29 is 19.4 Å². The second-order valence-electron chi connectivity index (χ2n) is 5.03. The van der Waals surface area contributed by atoms with Gasteiger partial charge in [0.05, 0.1) is 0 Å². The third-order valence-electron chi connectivity index (χ3n) is 3.37. The van der Waals surface area contributed by atoms with Crippen molar-refractivity contribution in [2.45, 2.75) is 25.5 Å². The Morgan fingerprint density at radius 2 is 2.21 bits per heavy atom. The SMILES string of the molecule is CC(O)(CN1CCc2c(Br)ccc(F)c2C1)C(=O)O. The highest BCUT2D eigenvalue weighted by Gasteiger charge is 2.34. The van der Waals surface area contributed by atoms with Crippen LogP contribution in [-0.4, -0.2) is 39.8 Å². The molecule has 2 N–H and O–H groups in total. The van der Waals surface area contributed by atoms with Crippen LogP contribution in [0.2, 0.25) is 0 Å². The van der Waals surface area contributed by atoms with Crippen LogP contribution in [0.4, 0.5) is 4.39 Å². The van der Waals surface area contributed by atoms with Crippen molar-refractivity contribution in [3.63, 3.8) is 0 Å². The van der Waals surface area contributed by atoms with Crippen LogP contribution in [-0.2, 0) is 17.8 Å². The molecule has 0 radical (unpaired) electrons. The van der Waals surface area contributed by atoms with Crippen LogP contribution in [0.5, 0.6) is 0 Å². The van der Waals surface area contributed by atoms with Gasteiger partial charge < -0.3 is 10.2 Å². The highest BCUT2D eigenvalue weighted by Crippen LogP contribution is 2.29. The van der Waals surface area contributed by atoms with Crippen molar-refractivity contribution in [3.05, 3.63) is 33.5 Å². The number of carbonyl (C=O) groups is 1. The lowest BCUT2D eigenvalue weighted by molar-refractivity contribution is -0.158. The lowest BCUT2D eigenvalue weighted by Gasteiger charge is -2.33. The van der Waals surface area contributed by atoms with Gasteiger partial charge in [0.25, 0.3) is 0 Å². The summed E-state index contributed by atoms with van der Waals surface area (Å²) < 4.78 is 14.7. The normalized spacial score (nSPS) is 18.7. The van der Waals surface area contributed by atoms with E-state index in [4.69, 9.17) is 5.11 Å². The van der Waals surface area contributed by atoms with Gasteiger partial charge in [-0.05, 0) is 31.0 Å². The Bertz CT molecular complexity index is 519. The lowest BCUT2D eigenvalue weighted by Crippen LogP contribution is -2.48. The monoisotopic (exact) mass is 331 g/mol. The molecule has 0 saturated carbocycles. The van der Waals surface area contributed by atoms with Crippen LogP contribution in [0.25, 0.3) is 0 Å². The number of hydrogen-bond acceptors (Lipinski definition) is 3. The topological polar surface area (TPSA) is 60.8 Å². The Morgan fingerprint density at radius 3 is 2.84 bits per heavy atom. The summed E-state index contributed by atoms with van der Waals surface area (Å²) in [5.74, 6) is -1.56. The van der Waals surface area contributed by atoms with Gasteiger partial charge in [0.15, 0.2) is 5.60 Å². The number of aliphatic carboxylic acids is 1. The number of aliphatic hydroxyl groups is 1. The Labute approximate surface area is 119 Å². The van der Waals surface area contributed by atoms with Crippen molar-refractivity contribution in [2.24, 2.45) is 0 Å². The maximum Gasteiger partial charge on any atom is 0.336 e. The lowest BCUT2D eigenvalue weighted by atomic mass is 9.97. The van der Waals surface area contributed by atoms with E-state index in [-0.39, 0.29) is 12.4 Å². The van der Waals surface area contributed by atoms with Gasteiger partial charge in [-0.15, -0.1) is 0 Å². The predicted molar refractivity (Wildman–Crippen MR) is 71.3 cm³/mol. The summed E-state index contributed by atoms with van der Waals surface area (Å²) in [5.41, 5.74) is -0.326. The number of fused-ring (bicyclic) bond motifs is 1. The summed E-state index contributed by atoms with van der Waals surface area (Å²) in [4.78, 5) is 12.7. The number of hydrogen-bond donors (Lipinski definition) is 2. The van der Waals surface area contributed by atoms with Gasteiger partial charge in [-0.1, -0.05) is 15.9 Å². The predicted octanol–water partition coefficient (Wildman–Crippen LogP) is 1.78. The van der Waals surface area contributed by atoms with Gasteiger partial charge >= 0.3 is 5.97 Å². The second-order valence-corrected chi connectivity index (χ2v) is 5.88. The van der Waals surface area contributed by atoms with E-state index in [2.05, 4.69) is 15.9 Å². The Balaban J connectivity index is 2.19. The molecular formula is C13H15BrFNO3. The van der Waals surface area contributed by atoms with E-state index in [1.54, 1.807) is 11.0 Å². The standard InChI is InChI=1S/C13H15BrFNO3/c1-13(19,12(17)18)7-16-5-4-8-9(6-16)11(15)3-2-10(8)14/h2-3,19H,4-7H2,1H3,(H,17,18). The molecule has 0 fully saturated rings. The molecule has 0 aliphatic carbocycles. The van der Waals surface area contributed by atoms with Gasteiger partial charge in [-0.3, -0.25) is 4.90 Å². The van der Waals surface area contributed by atoms with E-state index in [9.17, 15) is 14.3 Å². The molecule has 0 saturated heterocycles. The van der Waals surface area contributed by atoms with E-state index in [0.717, 1.165) is 10.0 Å². The van der Waals surface area contributed by atoms with Crippen LogP contribution >= 0.6 is 15.9 Å². The number of rotatable bonds is 3. The summed E-state index contributed by atoms with van der Waals surface area (Å²) in [6.07, 6.45) is 0.628. The highest BCUT2D eigenvalue weighted by atomic mass is 79.9. The van der Waals surface area contributed by atoms with Gasteiger partial charge in [-0.25, -0.2) is 9.18 Å². The molecule has 1 aromatic carbocycles. The number of carboxylic acids is 1. The molecule has 1 heterocycles. The maximum atomic E-state index is 13.8. The van der Waals surface area contributed by atoms with Crippen molar-refractivity contribution in [1.29, 1.82) is 0 Å². The van der Waals surface area contributed by atoms with E-state index in [1.165, 1.54) is 13.0 Å². The molecule has 0 spiro atoms. The zero-order chi connectivity index (χ0) is 14.2. The maximum absolute atomic E-state index is 13.8. The average Bonchev–Trinajstić information content (AvgIpc) is 2.33. The third-order valence-corrected chi connectivity index (χ3v) is 4.11. The highest BCUT2D eigenvalue weighted by molar-refractivity contribution is 9.10. The molecule has 1 aromatic rings. The summed E-state index contributed by atoms with van der Waals surface area (Å²) in [6.45, 7) is 2.14. The van der Waals surface area contributed by atoms with E-state index in [0.29, 0.717) is 25.1 Å². The van der Waals surface area contributed by atoms with Crippen LogP contribution in [0.1, 0.15) is 18.1 Å². The fraction of sp³-hybridized carbons (Fsp3) is 0.462. The molecular weight excluding hydrogens is 317 g/mol. The zero-order valence-electron chi connectivity index (χ0n) is 10.5. The van der Waals surface area contributed by atoms with Gasteiger partial charge in [0, 0.05) is 29.7 Å². The molecule has 0 amide bonds. The minimum Gasteiger partial charge on any atom is -0.479 e. The van der Waals surface area contributed by atoms with Gasteiger partial charge in [-0.2, -0.15) is 0 Å². The first-order valence-corrected chi connectivity index (χ1v) is 6.74. The molecule has 1 aliphatic rings. The van der Waals surface area contributed by atoms with E-state index < -0.39 is 11.6 Å². The molecule has 104 valence electrons. The molecule has 0 bridgehead atoms. The molecule has 19 heavy (non-hydrogen) atoms. The summed E-state index contributed by atoms with van der Waals surface area (Å²) in [5, 5.41) is 18.7. The Hall–Kier alpha value is -0.980. The van der Waals surface area contributed by atoms with Crippen LogP contribution in [0.15, 0.2) is 16.6 Å². The van der Waals surface area contributed by atoms with Crippen LogP contribution in [0.3, 0.4) is 0 Å². The zero-order valence-corrected chi connectivity index (χ0v) is 12.1. The third kappa shape index (κ3) is 2.96. The molecule has 2 rings (SSSR count). The van der Waals surface area contributed by atoms with Crippen molar-refractivity contribution in [3.8, 4) is 0 Å². The smallest absolute Gasteiger partial charge is 0.336 e. The number of β-amino-alcohol motifs (C(OH)–C–C–N with tert-alkyl or cyclic N) is 1. The average molecular weight is 332 g/mol. The number of halogens is 2. The summed E-state index contributed by atoms with van der Waals surface area (Å²) in [6, 6.07) is 3.07. The number of benzene rings is 1. The minimum atomic E-state index is -1.82. The molecule has 1 atom stereocenters. The van der Waals surface area contributed by atoms with Crippen LogP contribution < -0.4 is 0 Å². The summed E-state index contributed by atoms with van der Waals surface area (Å²) in [7, 11) is 0. The molecule has 6 heteroatoms.